The van der Waals surface area contributed by atoms with Gasteiger partial charge in [0.2, 0.25) is 5.91 Å². The number of hydrogen-bond acceptors (Lipinski definition) is 3. The van der Waals surface area contributed by atoms with Gasteiger partial charge in [-0.25, -0.2) is 0 Å². The molecule has 0 aromatic rings. The van der Waals surface area contributed by atoms with E-state index in [2.05, 4.69) is 24.5 Å². The summed E-state index contributed by atoms with van der Waals surface area (Å²) < 4.78 is 5.52. The Morgan fingerprint density at radius 2 is 2.00 bits per heavy atom. The average Bonchev–Trinajstić information content (AvgIpc) is 2.14. The molecule has 96 valence electrons. The van der Waals surface area contributed by atoms with Gasteiger partial charge in [0.1, 0.15) is 0 Å². The predicted octanol–water partition coefficient (Wildman–Crippen LogP) is 1.16. The Morgan fingerprint density at radius 3 is 2.50 bits per heavy atom. The molecule has 0 fully saturated rings. The summed E-state index contributed by atoms with van der Waals surface area (Å²) in [5.74, 6) is 0.532. The number of carbonyl (C=O) groups is 1. The molecular weight excluding hydrogens is 204 g/mol. The van der Waals surface area contributed by atoms with Crippen LogP contribution < -0.4 is 10.6 Å². The van der Waals surface area contributed by atoms with Crippen LogP contribution in [-0.2, 0) is 9.53 Å². The van der Waals surface area contributed by atoms with Crippen LogP contribution in [0.25, 0.3) is 0 Å². The minimum atomic E-state index is -0.215. The number of carbonyl (C=O) groups excluding carboxylic acids is 1. The Labute approximate surface area is 99.1 Å². The molecule has 16 heavy (non-hydrogen) atoms. The van der Waals surface area contributed by atoms with E-state index in [1.165, 1.54) is 0 Å². The van der Waals surface area contributed by atoms with Crippen molar-refractivity contribution in [2.24, 2.45) is 5.92 Å². The number of hydrogen-bond donors (Lipinski definition) is 2. The summed E-state index contributed by atoms with van der Waals surface area (Å²) in [7, 11) is 0. The van der Waals surface area contributed by atoms with Crippen molar-refractivity contribution in [3.63, 3.8) is 0 Å². The Kier molecular flexibility index (Phi) is 7.34. The van der Waals surface area contributed by atoms with Gasteiger partial charge in [-0.2, -0.15) is 0 Å². The zero-order chi connectivity index (χ0) is 12.6. The largest absolute Gasteiger partial charge is 0.375 e. The van der Waals surface area contributed by atoms with E-state index in [1.54, 1.807) is 0 Å². The van der Waals surface area contributed by atoms with Gasteiger partial charge >= 0.3 is 0 Å². The van der Waals surface area contributed by atoms with Crippen LogP contribution in [0.3, 0.4) is 0 Å². The van der Waals surface area contributed by atoms with E-state index in [-0.39, 0.29) is 11.5 Å². The van der Waals surface area contributed by atoms with Crippen LogP contribution in [0.2, 0.25) is 0 Å². The minimum absolute atomic E-state index is 0.0426. The second kappa shape index (κ2) is 7.63. The normalized spacial score (nSPS) is 11.9. The fourth-order valence-corrected chi connectivity index (χ4v) is 1.30. The molecule has 0 saturated heterocycles. The number of nitrogens with one attached hydrogen (secondary N) is 2. The maximum Gasteiger partial charge on any atom is 0.233 e. The van der Waals surface area contributed by atoms with Crippen molar-refractivity contribution in [1.82, 2.24) is 10.6 Å². The SMILES string of the molecule is CCOC(C)(C)CNCC(=O)NCC(C)C. The first kappa shape index (κ1) is 15.4. The van der Waals surface area contributed by atoms with E-state index in [4.69, 9.17) is 4.74 Å². The molecule has 0 aliphatic rings. The first-order chi connectivity index (χ1) is 7.37. The maximum atomic E-state index is 11.4. The van der Waals surface area contributed by atoms with Crippen LogP contribution in [0, 0.1) is 5.92 Å². The fraction of sp³-hybridized carbons (Fsp3) is 0.917. The zero-order valence-corrected chi connectivity index (χ0v) is 11.2. The highest BCUT2D eigenvalue weighted by atomic mass is 16.5. The highest BCUT2D eigenvalue weighted by Crippen LogP contribution is 2.06. The minimum Gasteiger partial charge on any atom is -0.375 e. The van der Waals surface area contributed by atoms with E-state index >= 15 is 0 Å². The highest BCUT2D eigenvalue weighted by Gasteiger charge is 2.17. The van der Waals surface area contributed by atoms with Gasteiger partial charge in [0.15, 0.2) is 0 Å². The third-order valence-electron chi connectivity index (χ3n) is 2.08. The van der Waals surface area contributed by atoms with E-state index in [9.17, 15) is 4.79 Å². The maximum absolute atomic E-state index is 11.4. The molecule has 1 amide bonds. The van der Waals surface area contributed by atoms with Gasteiger partial charge < -0.3 is 15.4 Å². The quantitative estimate of drug-likeness (QED) is 0.658. The predicted molar refractivity (Wildman–Crippen MR) is 66.4 cm³/mol. The Bertz CT molecular complexity index is 203. The molecule has 0 aromatic heterocycles. The first-order valence-electron chi connectivity index (χ1n) is 5.98. The highest BCUT2D eigenvalue weighted by molar-refractivity contribution is 5.77. The Hall–Kier alpha value is -0.610. The zero-order valence-electron chi connectivity index (χ0n) is 11.2. The van der Waals surface area contributed by atoms with Crippen molar-refractivity contribution >= 4 is 5.91 Å². The first-order valence-corrected chi connectivity index (χ1v) is 5.98. The molecule has 0 rings (SSSR count). The van der Waals surface area contributed by atoms with Crippen molar-refractivity contribution < 1.29 is 9.53 Å². The number of ether oxygens (including phenoxy) is 1. The lowest BCUT2D eigenvalue weighted by Crippen LogP contribution is -2.42. The third kappa shape index (κ3) is 8.68. The molecule has 0 heterocycles. The van der Waals surface area contributed by atoms with Gasteiger partial charge in [-0.1, -0.05) is 13.8 Å². The second-order valence-electron chi connectivity index (χ2n) is 4.99. The van der Waals surface area contributed by atoms with Crippen molar-refractivity contribution in [2.45, 2.75) is 40.2 Å². The van der Waals surface area contributed by atoms with Crippen LogP contribution in [0.5, 0.6) is 0 Å². The smallest absolute Gasteiger partial charge is 0.233 e. The van der Waals surface area contributed by atoms with Gasteiger partial charge in [0, 0.05) is 19.7 Å². The molecular formula is C12H26N2O2. The Morgan fingerprint density at radius 1 is 1.38 bits per heavy atom. The number of amides is 1. The average molecular weight is 230 g/mol. The standard InChI is InChI=1S/C12H26N2O2/c1-6-16-12(4,5)9-13-8-11(15)14-7-10(2)3/h10,13H,6-9H2,1-5H3,(H,14,15). The van der Waals surface area contributed by atoms with Crippen molar-refractivity contribution in [3.8, 4) is 0 Å². The van der Waals surface area contributed by atoms with Gasteiger partial charge in [-0.15, -0.1) is 0 Å². The molecule has 0 spiro atoms. The monoisotopic (exact) mass is 230 g/mol. The lowest BCUT2D eigenvalue weighted by Gasteiger charge is -2.24. The van der Waals surface area contributed by atoms with E-state index in [1.807, 2.05) is 20.8 Å². The lowest BCUT2D eigenvalue weighted by atomic mass is 10.1. The Balaban J connectivity index is 3.61. The third-order valence-corrected chi connectivity index (χ3v) is 2.08. The molecule has 4 heteroatoms. The van der Waals surface area contributed by atoms with Gasteiger partial charge in [-0.3, -0.25) is 4.79 Å². The molecule has 0 aromatic carbocycles. The molecule has 0 bridgehead atoms. The summed E-state index contributed by atoms with van der Waals surface area (Å²) >= 11 is 0. The molecule has 2 N–H and O–H groups in total. The number of rotatable bonds is 8. The molecule has 0 aliphatic carbocycles. The van der Waals surface area contributed by atoms with Gasteiger partial charge in [0.05, 0.1) is 12.1 Å². The molecule has 0 saturated carbocycles. The van der Waals surface area contributed by atoms with Crippen molar-refractivity contribution in [1.29, 1.82) is 0 Å². The lowest BCUT2D eigenvalue weighted by molar-refractivity contribution is -0.120. The topological polar surface area (TPSA) is 50.4 Å². The van der Waals surface area contributed by atoms with Crippen LogP contribution in [0.4, 0.5) is 0 Å². The van der Waals surface area contributed by atoms with Crippen LogP contribution in [0.1, 0.15) is 34.6 Å². The fourth-order valence-electron chi connectivity index (χ4n) is 1.30. The summed E-state index contributed by atoms with van der Waals surface area (Å²) in [6.07, 6.45) is 0. The van der Waals surface area contributed by atoms with Crippen LogP contribution >= 0.6 is 0 Å². The summed E-state index contributed by atoms with van der Waals surface area (Å²) in [6, 6.07) is 0. The van der Waals surface area contributed by atoms with E-state index < -0.39 is 0 Å². The van der Waals surface area contributed by atoms with Gasteiger partial charge in [-0.05, 0) is 26.7 Å². The van der Waals surface area contributed by atoms with Gasteiger partial charge in [0.25, 0.3) is 0 Å². The van der Waals surface area contributed by atoms with E-state index in [0.717, 1.165) is 6.54 Å². The molecule has 0 aliphatic heterocycles. The van der Waals surface area contributed by atoms with Crippen LogP contribution in [0.15, 0.2) is 0 Å². The second-order valence-corrected chi connectivity index (χ2v) is 4.99. The summed E-state index contributed by atoms with van der Waals surface area (Å²) in [5, 5.41) is 5.96. The molecule has 0 unspecified atom stereocenters. The van der Waals surface area contributed by atoms with Crippen molar-refractivity contribution in [2.75, 3.05) is 26.2 Å². The molecule has 4 nitrogen and oxygen atoms in total. The summed E-state index contributed by atoms with van der Waals surface area (Å²) in [5.41, 5.74) is -0.215. The molecule has 0 atom stereocenters. The summed E-state index contributed by atoms with van der Waals surface area (Å²) in [4.78, 5) is 11.4. The van der Waals surface area contributed by atoms with E-state index in [0.29, 0.717) is 25.6 Å². The van der Waals surface area contributed by atoms with Crippen molar-refractivity contribution in [3.05, 3.63) is 0 Å². The molecule has 0 radical (unpaired) electrons. The van der Waals surface area contributed by atoms with Crippen LogP contribution in [-0.4, -0.2) is 37.7 Å². The summed E-state index contributed by atoms with van der Waals surface area (Å²) in [6.45, 7) is 12.6.